The Labute approximate surface area is 218 Å². The standard InChI is InChI=1S/C29H32Cl2N2O2/c1-20-10-8-9-13-23(20)18-27(34)33(19-22-14-15-24(30)25(31)16-22)26(28(35)32-29(2,3)4)17-21-11-6-5-7-12-21/h5-16,26H,17-19H2,1-4H3,(H,32,35). The average molecular weight is 511 g/mol. The number of halogens is 2. The van der Waals surface area contributed by atoms with Crippen LogP contribution in [0.3, 0.4) is 0 Å². The van der Waals surface area contributed by atoms with Gasteiger partial charge in [-0.1, -0.05) is 83.9 Å². The van der Waals surface area contributed by atoms with Gasteiger partial charge in [-0.25, -0.2) is 0 Å². The number of amides is 2. The normalized spacial score (nSPS) is 12.2. The van der Waals surface area contributed by atoms with E-state index in [0.29, 0.717) is 16.5 Å². The number of hydrogen-bond acceptors (Lipinski definition) is 2. The van der Waals surface area contributed by atoms with Crippen molar-refractivity contribution in [2.24, 2.45) is 0 Å². The monoisotopic (exact) mass is 510 g/mol. The molecule has 1 atom stereocenters. The highest BCUT2D eigenvalue weighted by molar-refractivity contribution is 6.42. The van der Waals surface area contributed by atoms with Crippen molar-refractivity contribution in [1.29, 1.82) is 0 Å². The Hall–Kier alpha value is -2.82. The third-order valence-corrected chi connectivity index (χ3v) is 6.45. The first-order valence-corrected chi connectivity index (χ1v) is 12.4. The van der Waals surface area contributed by atoms with Crippen LogP contribution in [-0.4, -0.2) is 28.3 Å². The minimum absolute atomic E-state index is 0.129. The highest BCUT2D eigenvalue weighted by Crippen LogP contribution is 2.25. The second-order valence-electron chi connectivity index (χ2n) is 9.82. The molecule has 35 heavy (non-hydrogen) atoms. The number of nitrogens with zero attached hydrogens (tertiary/aromatic N) is 1. The maximum Gasteiger partial charge on any atom is 0.243 e. The maximum atomic E-state index is 13.8. The minimum atomic E-state index is -0.706. The van der Waals surface area contributed by atoms with Gasteiger partial charge in [0.2, 0.25) is 11.8 Å². The van der Waals surface area contributed by atoms with Crippen molar-refractivity contribution >= 4 is 35.0 Å². The molecule has 0 saturated carbocycles. The molecule has 0 aromatic heterocycles. The summed E-state index contributed by atoms with van der Waals surface area (Å²) in [5.41, 5.74) is 3.31. The highest BCUT2D eigenvalue weighted by Gasteiger charge is 2.32. The van der Waals surface area contributed by atoms with Crippen LogP contribution in [0, 0.1) is 6.92 Å². The Kier molecular flexibility index (Phi) is 8.98. The summed E-state index contributed by atoms with van der Waals surface area (Å²) in [6.07, 6.45) is 0.589. The number of nitrogens with one attached hydrogen (secondary N) is 1. The second-order valence-corrected chi connectivity index (χ2v) is 10.6. The second kappa shape index (κ2) is 11.7. The first-order valence-electron chi connectivity index (χ1n) is 11.7. The molecule has 0 radical (unpaired) electrons. The molecule has 0 aliphatic rings. The van der Waals surface area contributed by atoms with E-state index in [9.17, 15) is 9.59 Å². The largest absolute Gasteiger partial charge is 0.350 e. The molecule has 0 aliphatic heterocycles. The van der Waals surface area contributed by atoms with Crippen LogP contribution in [0.25, 0.3) is 0 Å². The minimum Gasteiger partial charge on any atom is -0.350 e. The van der Waals surface area contributed by atoms with Crippen LogP contribution in [0.1, 0.15) is 43.0 Å². The van der Waals surface area contributed by atoms with Crippen molar-refractivity contribution in [2.45, 2.75) is 58.7 Å². The van der Waals surface area contributed by atoms with Gasteiger partial charge in [0, 0.05) is 18.5 Å². The summed E-state index contributed by atoms with van der Waals surface area (Å²) in [5.74, 6) is -0.324. The topological polar surface area (TPSA) is 49.4 Å². The third-order valence-electron chi connectivity index (χ3n) is 5.71. The number of hydrogen-bond donors (Lipinski definition) is 1. The van der Waals surface area contributed by atoms with E-state index in [2.05, 4.69) is 5.32 Å². The van der Waals surface area contributed by atoms with Gasteiger partial charge in [-0.3, -0.25) is 9.59 Å². The molecule has 0 bridgehead atoms. The van der Waals surface area contributed by atoms with Crippen molar-refractivity contribution in [3.8, 4) is 0 Å². The maximum absolute atomic E-state index is 13.8. The van der Waals surface area contributed by atoms with Crippen LogP contribution in [-0.2, 0) is 29.0 Å². The molecule has 1 unspecified atom stereocenters. The van der Waals surface area contributed by atoms with Crippen molar-refractivity contribution in [2.75, 3.05) is 0 Å². The van der Waals surface area contributed by atoms with Gasteiger partial charge < -0.3 is 10.2 Å². The van der Waals surface area contributed by atoms with E-state index in [1.54, 1.807) is 17.0 Å². The van der Waals surface area contributed by atoms with Crippen molar-refractivity contribution in [1.82, 2.24) is 10.2 Å². The fourth-order valence-corrected chi connectivity index (χ4v) is 4.24. The van der Waals surface area contributed by atoms with Gasteiger partial charge in [0.25, 0.3) is 0 Å². The summed E-state index contributed by atoms with van der Waals surface area (Å²) < 4.78 is 0. The zero-order valence-electron chi connectivity index (χ0n) is 20.6. The number of aryl methyl sites for hydroxylation is 1. The number of carbonyl (C=O) groups is 2. The number of benzene rings is 3. The van der Waals surface area contributed by atoms with Crippen LogP contribution in [0.2, 0.25) is 10.0 Å². The summed E-state index contributed by atoms with van der Waals surface area (Å²) in [4.78, 5) is 29.1. The SMILES string of the molecule is Cc1ccccc1CC(=O)N(Cc1ccc(Cl)c(Cl)c1)C(Cc1ccccc1)C(=O)NC(C)(C)C. The lowest BCUT2D eigenvalue weighted by Gasteiger charge is -2.34. The zero-order valence-corrected chi connectivity index (χ0v) is 22.2. The molecule has 2 amide bonds. The number of carbonyl (C=O) groups excluding carboxylic acids is 2. The molecule has 0 saturated heterocycles. The Balaban J connectivity index is 2.02. The van der Waals surface area contributed by atoms with E-state index in [-0.39, 0.29) is 24.8 Å². The van der Waals surface area contributed by atoms with E-state index < -0.39 is 11.6 Å². The van der Waals surface area contributed by atoms with Gasteiger partial charge in [-0.15, -0.1) is 0 Å². The summed E-state index contributed by atoms with van der Waals surface area (Å²) in [5, 5.41) is 3.93. The molecule has 3 aromatic rings. The highest BCUT2D eigenvalue weighted by atomic mass is 35.5. The lowest BCUT2D eigenvalue weighted by molar-refractivity contribution is -0.141. The summed E-state index contributed by atoms with van der Waals surface area (Å²) >= 11 is 12.4. The number of rotatable bonds is 8. The fraction of sp³-hybridized carbons (Fsp3) is 0.310. The lowest BCUT2D eigenvalue weighted by Crippen LogP contribution is -2.54. The van der Waals surface area contributed by atoms with E-state index in [1.165, 1.54) is 0 Å². The summed E-state index contributed by atoms with van der Waals surface area (Å²) in [7, 11) is 0. The molecule has 0 spiro atoms. The van der Waals surface area contributed by atoms with Crippen molar-refractivity contribution in [3.05, 3.63) is 105 Å². The molecular weight excluding hydrogens is 479 g/mol. The Morgan fingerprint density at radius 1 is 0.886 bits per heavy atom. The zero-order chi connectivity index (χ0) is 25.6. The van der Waals surface area contributed by atoms with Gasteiger partial charge in [0.05, 0.1) is 16.5 Å². The van der Waals surface area contributed by atoms with Crippen LogP contribution < -0.4 is 5.32 Å². The van der Waals surface area contributed by atoms with Crippen molar-refractivity contribution < 1.29 is 9.59 Å². The van der Waals surface area contributed by atoms with Gasteiger partial charge in [-0.2, -0.15) is 0 Å². The molecule has 0 heterocycles. The first-order chi connectivity index (χ1) is 16.5. The van der Waals surface area contributed by atoms with Gasteiger partial charge >= 0.3 is 0 Å². The molecule has 3 rings (SSSR count). The molecule has 4 nitrogen and oxygen atoms in total. The quantitative estimate of drug-likeness (QED) is 0.381. The first kappa shape index (κ1) is 26.8. The van der Waals surface area contributed by atoms with Gasteiger partial charge in [0.1, 0.15) is 6.04 Å². The Morgan fingerprint density at radius 2 is 1.54 bits per heavy atom. The van der Waals surface area contributed by atoms with Crippen LogP contribution >= 0.6 is 23.2 Å². The van der Waals surface area contributed by atoms with E-state index in [1.807, 2.05) is 88.4 Å². The van der Waals surface area contributed by atoms with Gasteiger partial charge in [0.15, 0.2) is 0 Å². The summed E-state index contributed by atoms with van der Waals surface area (Å²) in [6.45, 7) is 8.02. The molecule has 0 aliphatic carbocycles. The predicted octanol–water partition coefficient (Wildman–Crippen LogP) is 6.40. The van der Waals surface area contributed by atoms with E-state index >= 15 is 0 Å². The van der Waals surface area contributed by atoms with Gasteiger partial charge in [-0.05, 0) is 62.1 Å². The van der Waals surface area contributed by atoms with E-state index in [0.717, 1.165) is 22.3 Å². The molecule has 1 N–H and O–H groups in total. The lowest BCUT2D eigenvalue weighted by atomic mass is 9.99. The molecule has 6 heteroatoms. The smallest absolute Gasteiger partial charge is 0.243 e. The van der Waals surface area contributed by atoms with Crippen LogP contribution in [0.15, 0.2) is 72.8 Å². The molecular formula is C29H32Cl2N2O2. The third kappa shape index (κ3) is 7.84. The van der Waals surface area contributed by atoms with Crippen LogP contribution in [0.4, 0.5) is 0 Å². The Bertz CT molecular complexity index is 1170. The average Bonchev–Trinajstić information content (AvgIpc) is 2.79. The Morgan fingerprint density at radius 3 is 2.17 bits per heavy atom. The predicted molar refractivity (Wildman–Crippen MR) is 144 cm³/mol. The van der Waals surface area contributed by atoms with Crippen molar-refractivity contribution in [3.63, 3.8) is 0 Å². The molecule has 184 valence electrons. The van der Waals surface area contributed by atoms with Crippen LogP contribution in [0.5, 0.6) is 0 Å². The summed E-state index contributed by atoms with van der Waals surface area (Å²) in [6, 6.07) is 22.2. The van der Waals surface area contributed by atoms with E-state index in [4.69, 9.17) is 23.2 Å². The molecule has 0 fully saturated rings. The molecule has 3 aromatic carbocycles. The fourth-order valence-electron chi connectivity index (χ4n) is 3.91.